The lowest BCUT2D eigenvalue weighted by Gasteiger charge is -2.20. The summed E-state index contributed by atoms with van der Waals surface area (Å²) in [6.45, 7) is 0. The largest absolute Gasteiger partial charge is 0.0629 e. The molecular weight excluding hydrogens is 516 g/mol. The fraction of sp³-hybridized carbons (Fsp3) is 0.0233. The Kier molecular flexibility index (Phi) is 3.88. The highest BCUT2D eigenvalue weighted by atomic mass is 14.3. The van der Waals surface area contributed by atoms with Gasteiger partial charge in [0.2, 0.25) is 0 Å². The molecule has 0 N–H and O–H groups in total. The molecule has 200 valence electrons. The quantitative estimate of drug-likeness (QED) is 0.191. The van der Waals surface area contributed by atoms with Crippen LogP contribution in [0.4, 0.5) is 0 Å². The Morgan fingerprint density at radius 3 is 1.65 bits per heavy atom. The number of fused-ring (bicyclic) bond motifs is 6. The van der Waals surface area contributed by atoms with Gasteiger partial charge in [0.15, 0.2) is 0 Å². The normalized spacial score (nSPS) is 14.7. The van der Waals surface area contributed by atoms with Gasteiger partial charge in [-0.05, 0) is 107 Å². The van der Waals surface area contributed by atoms with E-state index >= 15 is 0 Å². The Morgan fingerprint density at radius 1 is 0.395 bits per heavy atom. The molecule has 1 aliphatic rings. The second kappa shape index (κ2) is 9.54. The molecule has 43 heavy (non-hydrogen) atoms. The second-order valence-electron chi connectivity index (χ2n) is 11.1. The summed E-state index contributed by atoms with van der Waals surface area (Å²) in [5, 5.41) is 3.11. The molecule has 0 radical (unpaired) electrons. The fourth-order valence-electron chi connectivity index (χ4n) is 6.78. The fourth-order valence-corrected chi connectivity index (χ4v) is 6.78. The molecule has 0 unspecified atom stereocenters. The molecule has 0 fully saturated rings. The standard InChI is InChI=1S/C43H28/c1-2-12-28(13-3-1)34-16-6-7-17-35(34)43-38-20-10-8-18-36(38)42(37-19-9-11-21-39(37)43)32-23-22-31-25-33-24-29-14-4-5-15-30(29)26-41(33)40(31)27-32/h1-24,26-27H,25H2/i8D,9D,10D,11D,18D,19D,20D,21D. The third-order valence-corrected chi connectivity index (χ3v) is 8.70. The topological polar surface area (TPSA) is 0 Å². The van der Waals surface area contributed by atoms with E-state index in [4.69, 9.17) is 5.48 Å². The van der Waals surface area contributed by atoms with E-state index in [1.807, 2.05) is 84.9 Å². The Labute approximate surface area is 262 Å². The van der Waals surface area contributed by atoms with E-state index in [1.165, 1.54) is 5.56 Å². The summed E-state index contributed by atoms with van der Waals surface area (Å²) < 4.78 is 72.7. The van der Waals surface area contributed by atoms with Crippen LogP contribution in [0.25, 0.3) is 76.8 Å². The third-order valence-electron chi connectivity index (χ3n) is 8.70. The zero-order valence-corrected chi connectivity index (χ0v) is 23.1. The monoisotopic (exact) mass is 552 g/mol. The van der Waals surface area contributed by atoms with Gasteiger partial charge < -0.3 is 0 Å². The maximum Gasteiger partial charge on any atom is 0.0629 e. The van der Waals surface area contributed by atoms with E-state index in [9.17, 15) is 5.48 Å². The van der Waals surface area contributed by atoms with Crippen LogP contribution < -0.4 is 0 Å². The predicted molar refractivity (Wildman–Crippen MR) is 184 cm³/mol. The highest BCUT2D eigenvalue weighted by Crippen LogP contribution is 2.48. The van der Waals surface area contributed by atoms with Crippen molar-refractivity contribution in [3.63, 3.8) is 0 Å². The molecule has 0 saturated carbocycles. The van der Waals surface area contributed by atoms with Crippen LogP contribution in [-0.4, -0.2) is 0 Å². The van der Waals surface area contributed by atoms with Crippen molar-refractivity contribution in [2.45, 2.75) is 6.42 Å². The average molecular weight is 553 g/mol. The first kappa shape index (κ1) is 17.5. The molecule has 1 aliphatic carbocycles. The van der Waals surface area contributed by atoms with Gasteiger partial charge in [-0.3, -0.25) is 0 Å². The van der Waals surface area contributed by atoms with Gasteiger partial charge in [-0.1, -0.05) is 145 Å². The minimum absolute atomic E-state index is 0.212. The van der Waals surface area contributed by atoms with Crippen LogP contribution in [-0.2, 0) is 6.42 Å². The number of benzene rings is 8. The van der Waals surface area contributed by atoms with Crippen LogP contribution in [0.3, 0.4) is 0 Å². The summed E-state index contributed by atoms with van der Waals surface area (Å²) in [6.07, 6.45) is 0.742. The Bertz CT molecular complexity index is 2720. The molecule has 0 bridgehead atoms. The number of rotatable bonds is 3. The Morgan fingerprint density at radius 2 is 0.953 bits per heavy atom. The van der Waals surface area contributed by atoms with E-state index in [1.54, 1.807) is 0 Å². The lowest BCUT2D eigenvalue weighted by Crippen LogP contribution is -1.93. The third kappa shape index (κ3) is 3.77. The Hall–Kier alpha value is -5.46. The maximum absolute atomic E-state index is 9.37. The van der Waals surface area contributed by atoms with Gasteiger partial charge in [-0.25, -0.2) is 0 Å². The lowest BCUT2D eigenvalue weighted by atomic mass is 9.83. The van der Waals surface area contributed by atoms with E-state index in [-0.39, 0.29) is 45.7 Å². The van der Waals surface area contributed by atoms with Crippen molar-refractivity contribution in [2.24, 2.45) is 0 Å². The summed E-state index contributed by atoms with van der Waals surface area (Å²) in [7, 11) is 0. The smallest absolute Gasteiger partial charge is 0.0622 e. The molecule has 0 aliphatic heterocycles. The van der Waals surface area contributed by atoms with Gasteiger partial charge in [0.25, 0.3) is 0 Å². The molecular formula is C43H28. The summed E-state index contributed by atoms with van der Waals surface area (Å²) in [4.78, 5) is 0. The Balaban J connectivity index is 1.48. The van der Waals surface area contributed by atoms with Gasteiger partial charge in [0.05, 0.1) is 11.0 Å². The minimum Gasteiger partial charge on any atom is -0.0622 e. The summed E-state index contributed by atoms with van der Waals surface area (Å²) in [5.41, 5.74) is 7.95. The zero-order chi connectivity index (χ0) is 35.3. The van der Waals surface area contributed by atoms with Gasteiger partial charge in [-0.15, -0.1) is 0 Å². The molecule has 0 atom stereocenters. The zero-order valence-electron chi connectivity index (χ0n) is 31.1. The first-order chi connectivity index (χ1) is 24.7. The molecule has 8 aromatic rings. The van der Waals surface area contributed by atoms with Crippen LogP contribution in [0.5, 0.6) is 0 Å². The van der Waals surface area contributed by atoms with Crippen molar-refractivity contribution < 1.29 is 11.0 Å². The van der Waals surface area contributed by atoms with Crippen molar-refractivity contribution >= 4 is 32.3 Å². The van der Waals surface area contributed by atoms with Crippen molar-refractivity contribution in [1.29, 1.82) is 0 Å². The number of hydrogen-bond acceptors (Lipinski definition) is 0. The highest BCUT2D eigenvalue weighted by Gasteiger charge is 2.22. The maximum atomic E-state index is 9.37. The SMILES string of the molecule is [2H]c1c([2H])c([2H])c2c(-c3ccccc3-c3ccccc3)c3c([2H])c([2H])c([2H])c([2H])c3c(-c3ccc4c(c3)-c3cc5ccccc5cc3C4)c2c1[2H]. The molecule has 0 heteroatoms. The first-order valence-electron chi connectivity index (χ1n) is 18.4. The molecule has 0 saturated heterocycles. The molecule has 0 nitrogen and oxygen atoms in total. The first-order valence-corrected chi connectivity index (χ1v) is 14.4. The van der Waals surface area contributed by atoms with Crippen LogP contribution in [0, 0.1) is 0 Å². The summed E-state index contributed by atoms with van der Waals surface area (Å²) in [5.74, 6) is 0. The van der Waals surface area contributed by atoms with E-state index in [0.717, 1.165) is 45.0 Å². The van der Waals surface area contributed by atoms with Gasteiger partial charge >= 0.3 is 0 Å². The summed E-state index contributed by atoms with van der Waals surface area (Å²) in [6, 6.07) is 33.0. The van der Waals surface area contributed by atoms with E-state index in [0.29, 0.717) is 22.3 Å². The predicted octanol–water partition coefficient (Wildman–Crippen LogP) is 11.7. The molecule has 0 spiro atoms. The van der Waals surface area contributed by atoms with Gasteiger partial charge in [0.1, 0.15) is 0 Å². The van der Waals surface area contributed by atoms with Crippen molar-refractivity contribution in [3.8, 4) is 44.5 Å². The molecule has 8 aromatic carbocycles. The van der Waals surface area contributed by atoms with Gasteiger partial charge in [0, 0.05) is 0 Å². The molecule has 0 aromatic heterocycles. The molecule has 9 rings (SSSR count). The summed E-state index contributed by atoms with van der Waals surface area (Å²) >= 11 is 0. The molecule has 0 heterocycles. The van der Waals surface area contributed by atoms with Crippen LogP contribution in [0.15, 0.2) is 158 Å². The van der Waals surface area contributed by atoms with Crippen molar-refractivity contribution in [1.82, 2.24) is 0 Å². The van der Waals surface area contributed by atoms with E-state index in [2.05, 4.69) is 24.3 Å². The molecule has 0 amide bonds. The highest BCUT2D eigenvalue weighted by molar-refractivity contribution is 6.22. The van der Waals surface area contributed by atoms with Crippen molar-refractivity contribution in [3.05, 3.63) is 169 Å². The minimum atomic E-state index is -0.410. The lowest BCUT2D eigenvalue weighted by molar-refractivity contribution is 1.27. The van der Waals surface area contributed by atoms with Crippen LogP contribution >= 0.6 is 0 Å². The second-order valence-corrected chi connectivity index (χ2v) is 11.1. The average Bonchev–Trinajstić information content (AvgIpc) is 3.52. The van der Waals surface area contributed by atoms with Gasteiger partial charge in [-0.2, -0.15) is 0 Å². The number of hydrogen-bond donors (Lipinski definition) is 0. The van der Waals surface area contributed by atoms with Crippen LogP contribution in [0.1, 0.15) is 22.1 Å². The van der Waals surface area contributed by atoms with Crippen LogP contribution in [0.2, 0.25) is 0 Å². The van der Waals surface area contributed by atoms with Crippen molar-refractivity contribution in [2.75, 3.05) is 0 Å². The van der Waals surface area contributed by atoms with E-state index < -0.39 is 24.2 Å².